The summed E-state index contributed by atoms with van der Waals surface area (Å²) in [6.07, 6.45) is 13.9. The Morgan fingerprint density at radius 3 is 1.33 bits per heavy atom. The molecule has 0 unspecified atom stereocenters. The summed E-state index contributed by atoms with van der Waals surface area (Å²) in [5, 5.41) is 0. The molecule has 0 aliphatic rings. The molecule has 0 saturated carbocycles. The van der Waals surface area contributed by atoms with E-state index in [1.54, 1.807) is 0 Å². The van der Waals surface area contributed by atoms with Crippen molar-refractivity contribution in [3.05, 3.63) is 0 Å². The molecule has 4 nitrogen and oxygen atoms in total. The second-order valence-electron chi connectivity index (χ2n) is 6.48. The number of hydrogen-bond donors (Lipinski definition) is 0. The first-order chi connectivity index (χ1) is 11.7. The largest absolute Gasteiger partial charge is 0.466 e. The Bertz CT molecular complexity index is 302. The number of rotatable bonds is 17. The van der Waals surface area contributed by atoms with Gasteiger partial charge in [0.2, 0.25) is 0 Å². The van der Waals surface area contributed by atoms with Crippen LogP contribution in [0.15, 0.2) is 0 Å². The maximum absolute atomic E-state index is 11.5. The Hall–Kier alpha value is -1.06. The van der Waals surface area contributed by atoms with Crippen molar-refractivity contribution in [1.29, 1.82) is 0 Å². The van der Waals surface area contributed by atoms with Gasteiger partial charge in [-0.25, -0.2) is 0 Å². The van der Waals surface area contributed by atoms with Gasteiger partial charge in [-0.1, -0.05) is 71.6 Å². The van der Waals surface area contributed by atoms with E-state index < -0.39 is 0 Å². The Morgan fingerprint density at radius 2 is 0.917 bits per heavy atom. The van der Waals surface area contributed by atoms with Gasteiger partial charge >= 0.3 is 11.9 Å². The van der Waals surface area contributed by atoms with Gasteiger partial charge in [0.05, 0.1) is 13.2 Å². The SMILES string of the molecule is CCCCCCCCOC(=O)CCCC(=O)OCCCCCCC. The molecule has 0 bridgehead atoms. The van der Waals surface area contributed by atoms with Crippen LogP contribution in [0, 0.1) is 0 Å². The molecule has 0 aliphatic heterocycles. The van der Waals surface area contributed by atoms with Crippen LogP contribution in [0.2, 0.25) is 0 Å². The van der Waals surface area contributed by atoms with E-state index in [4.69, 9.17) is 9.47 Å². The van der Waals surface area contributed by atoms with Crippen LogP contribution in [-0.2, 0) is 19.1 Å². The molecule has 142 valence electrons. The van der Waals surface area contributed by atoms with Crippen LogP contribution in [0.25, 0.3) is 0 Å². The number of carbonyl (C=O) groups excluding carboxylic acids is 2. The first-order valence-corrected chi connectivity index (χ1v) is 10.0. The predicted molar refractivity (Wildman–Crippen MR) is 97.9 cm³/mol. The number of unbranched alkanes of at least 4 members (excludes halogenated alkanes) is 9. The zero-order valence-electron chi connectivity index (χ0n) is 15.9. The zero-order chi connectivity index (χ0) is 17.9. The van der Waals surface area contributed by atoms with Crippen molar-refractivity contribution in [3.8, 4) is 0 Å². The summed E-state index contributed by atoms with van der Waals surface area (Å²) in [4.78, 5) is 23.1. The van der Waals surface area contributed by atoms with Crippen LogP contribution >= 0.6 is 0 Å². The molecule has 0 aromatic heterocycles. The summed E-state index contributed by atoms with van der Waals surface area (Å²) in [6, 6.07) is 0. The van der Waals surface area contributed by atoms with Crippen LogP contribution in [-0.4, -0.2) is 25.2 Å². The molecule has 0 spiro atoms. The Morgan fingerprint density at radius 1 is 0.542 bits per heavy atom. The van der Waals surface area contributed by atoms with Gasteiger partial charge in [0.15, 0.2) is 0 Å². The quantitative estimate of drug-likeness (QED) is 0.256. The van der Waals surface area contributed by atoms with Crippen LogP contribution in [0.5, 0.6) is 0 Å². The van der Waals surface area contributed by atoms with E-state index in [-0.39, 0.29) is 11.9 Å². The average Bonchev–Trinajstić information content (AvgIpc) is 2.57. The molecule has 0 N–H and O–H groups in total. The van der Waals surface area contributed by atoms with Crippen molar-refractivity contribution in [2.24, 2.45) is 0 Å². The molecule has 0 aromatic carbocycles. The second kappa shape index (κ2) is 18.3. The lowest BCUT2D eigenvalue weighted by Gasteiger charge is -2.06. The van der Waals surface area contributed by atoms with Gasteiger partial charge in [-0.15, -0.1) is 0 Å². The monoisotopic (exact) mass is 342 g/mol. The smallest absolute Gasteiger partial charge is 0.305 e. The molecule has 0 atom stereocenters. The van der Waals surface area contributed by atoms with Crippen molar-refractivity contribution >= 4 is 11.9 Å². The third-order valence-electron chi connectivity index (χ3n) is 4.03. The van der Waals surface area contributed by atoms with Gasteiger partial charge in [-0.3, -0.25) is 9.59 Å². The first kappa shape index (κ1) is 22.9. The Labute approximate surface area is 148 Å². The lowest BCUT2D eigenvalue weighted by molar-refractivity contribution is -0.145. The molecule has 0 amide bonds. The fraction of sp³-hybridized carbons (Fsp3) is 0.900. The summed E-state index contributed by atoms with van der Waals surface area (Å²) in [6.45, 7) is 5.39. The number of carbonyl (C=O) groups is 2. The zero-order valence-corrected chi connectivity index (χ0v) is 15.9. The molecule has 0 aromatic rings. The van der Waals surface area contributed by atoms with Gasteiger partial charge in [0, 0.05) is 12.8 Å². The summed E-state index contributed by atoms with van der Waals surface area (Å²) in [5.74, 6) is -0.398. The normalized spacial score (nSPS) is 10.6. The molecule has 0 rings (SSSR count). The van der Waals surface area contributed by atoms with Crippen LogP contribution in [0.4, 0.5) is 0 Å². The molecule has 0 fully saturated rings. The standard InChI is InChI=1S/C20H38O4/c1-3-5-7-9-11-13-18-24-20(22)16-14-15-19(21)23-17-12-10-8-6-4-2/h3-18H2,1-2H3. The second-order valence-corrected chi connectivity index (χ2v) is 6.48. The third-order valence-corrected chi connectivity index (χ3v) is 4.03. The Balaban J connectivity index is 3.33. The predicted octanol–water partition coefficient (Wildman–Crippen LogP) is 5.57. The average molecular weight is 343 g/mol. The topological polar surface area (TPSA) is 52.6 Å². The number of esters is 2. The minimum absolute atomic E-state index is 0.198. The van der Waals surface area contributed by atoms with E-state index in [2.05, 4.69) is 13.8 Å². The highest BCUT2D eigenvalue weighted by molar-refractivity contribution is 5.72. The van der Waals surface area contributed by atoms with Crippen molar-refractivity contribution in [1.82, 2.24) is 0 Å². The van der Waals surface area contributed by atoms with Crippen molar-refractivity contribution in [3.63, 3.8) is 0 Å². The van der Waals surface area contributed by atoms with Crippen LogP contribution in [0.3, 0.4) is 0 Å². The Kier molecular flexibility index (Phi) is 17.5. The number of hydrogen-bond acceptors (Lipinski definition) is 4. The molecule has 4 heteroatoms. The minimum Gasteiger partial charge on any atom is -0.466 e. The van der Waals surface area contributed by atoms with E-state index in [1.807, 2.05) is 0 Å². The maximum atomic E-state index is 11.5. The molecule has 0 saturated heterocycles. The fourth-order valence-corrected chi connectivity index (χ4v) is 2.48. The van der Waals surface area contributed by atoms with E-state index in [1.165, 1.54) is 44.9 Å². The third kappa shape index (κ3) is 17.3. The molecular weight excluding hydrogens is 304 g/mol. The molecule has 24 heavy (non-hydrogen) atoms. The van der Waals surface area contributed by atoms with Gasteiger partial charge in [0.25, 0.3) is 0 Å². The molecular formula is C20H38O4. The van der Waals surface area contributed by atoms with E-state index in [0.29, 0.717) is 32.5 Å². The van der Waals surface area contributed by atoms with E-state index in [9.17, 15) is 9.59 Å². The molecule has 0 radical (unpaired) electrons. The highest BCUT2D eigenvalue weighted by Gasteiger charge is 2.07. The van der Waals surface area contributed by atoms with Crippen molar-refractivity contribution < 1.29 is 19.1 Å². The van der Waals surface area contributed by atoms with Crippen LogP contribution in [0.1, 0.15) is 104 Å². The van der Waals surface area contributed by atoms with Gasteiger partial charge in [-0.2, -0.15) is 0 Å². The highest BCUT2D eigenvalue weighted by Crippen LogP contribution is 2.07. The summed E-state index contributed by atoms with van der Waals surface area (Å²) < 4.78 is 10.3. The number of ether oxygens (including phenoxy) is 2. The molecule has 0 heterocycles. The first-order valence-electron chi connectivity index (χ1n) is 10.0. The highest BCUT2D eigenvalue weighted by atomic mass is 16.5. The summed E-state index contributed by atoms with van der Waals surface area (Å²) in [7, 11) is 0. The maximum Gasteiger partial charge on any atom is 0.305 e. The minimum atomic E-state index is -0.200. The van der Waals surface area contributed by atoms with Crippen LogP contribution < -0.4 is 0 Å². The summed E-state index contributed by atoms with van der Waals surface area (Å²) >= 11 is 0. The van der Waals surface area contributed by atoms with Crippen molar-refractivity contribution in [2.75, 3.05) is 13.2 Å². The van der Waals surface area contributed by atoms with Gasteiger partial charge < -0.3 is 9.47 Å². The van der Waals surface area contributed by atoms with Gasteiger partial charge in [0.1, 0.15) is 0 Å². The lowest BCUT2D eigenvalue weighted by atomic mass is 10.1. The van der Waals surface area contributed by atoms with E-state index >= 15 is 0 Å². The van der Waals surface area contributed by atoms with Gasteiger partial charge in [-0.05, 0) is 19.3 Å². The van der Waals surface area contributed by atoms with E-state index in [0.717, 1.165) is 25.7 Å². The van der Waals surface area contributed by atoms with Crippen molar-refractivity contribution in [2.45, 2.75) is 104 Å². The summed E-state index contributed by atoms with van der Waals surface area (Å²) in [5.41, 5.74) is 0. The molecule has 0 aliphatic carbocycles. The lowest BCUT2D eigenvalue weighted by Crippen LogP contribution is -2.09. The fourth-order valence-electron chi connectivity index (χ4n) is 2.48.